The number of hydrogen-bond donors (Lipinski definition) is 2. The molecule has 4 nitrogen and oxygen atoms in total. The fourth-order valence-electron chi connectivity index (χ4n) is 2.49. The van der Waals surface area contributed by atoms with Crippen LogP contribution >= 0.6 is 0 Å². The lowest BCUT2D eigenvalue weighted by Gasteiger charge is -2.32. The molecule has 0 saturated carbocycles. The van der Waals surface area contributed by atoms with E-state index in [1.54, 1.807) is 0 Å². The van der Waals surface area contributed by atoms with Gasteiger partial charge in [0.05, 0.1) is 0 Å². The van der Waals surface area contributed by atoms with Crippen LogP contribution < -0.4 is 5.32 Å². The third-order valence-corrected chi connectivity index (χ3v) is 3.70. The van der Waals surface area contributed by atoms with Gasteiger partial charge in [-0.15, -0.1) is 0 Å². The molecule has 0 aromatic heterocycles. The van der Waals surface area contributed by atoms with E-state index in [0.29, 0.717) is 6.42 Å². The number of carboxylic acid groups (broad SMARTS) is 1. The summed E-state index contributed by atoms with van der Waals surface area (Å²) in [5.41, 5.74) is 0.244. The molecule has 0 aliphatic carbocycles. The largest absolute Gasteiger partial charge is 0.480 e. The molecular weight excluding hydrogens is 216 g/mol. The first-order valence-electron chi connectivity index (χ1n) is 6.68. The Morgan fingerprint density at radius 2 is 2.24 bits per heavy atom. The first-order valence-corrected chi connectivity index (χ1v) is 6.68. The molecule has 100 valence electrons. The van der Waals surface area contributed by atoms with Crippen LogP contribution in [-0.2, 0) is 4.79 Å². The number of likely N-dealkylation sites (tertiary alicyclic amines) is 1. The molecule has 0 aromatic carbocycles. The van der Waals surface area contributed by atoms with Crippen molar-refractivity contribution in [2.75, 3.05) is 19.6 Å². The molecule has 17 heavy (non-hydrogen) atoms. The normalized spacial score (nSPS) is 21.6. The van der Waals surface area contributed by atoms with Crippen LogP contribution in [0, 0.1) is 0 Å². The number of nitrogens with zero attached hydrogens (tertiary/aromatic N) is 1. The van der Waals surface area contributed by atoms with Crippen molar-refractivity contribution in [3.63, 3.8) is 0 Å². The van der Waals surface area contributed by atoms with E-state index in [1.807, 2.05) is 0 Å². The number of aliphatic carboxylic acids is 1. The summed E-state index contributed by atoms with van der Waals surface area (Å²) in [5, 5.41) is 12.2. The van der Waals surface area contributed by atoms with E-state index in [4.69, 9.17) is 5.11 Å². The van der Waals surface area contributed by atoms with E-state index >= 15 is 0 Å². The van der Waals surface area contributed by atoms with Crippen LogP contribution in [0.15, 0.2) is 0 Å². The van der Waals surface area contributed by atoms with Crippen molar-refractivity contribution in [1.82, 2.24) is 10.2 Å². The van der Waals surface area contributed by atoms with Crippen LogP contribution in [0.1, 0.15) is 46.5 Å². The Kier molecular flexibility index (Phi) is 5.40. The molecule has 0 amide bonds. The van der Waals surface area contributed by atoms with Gasteiger partial charge < -0.3 is 10.4 Å². The van der Waals surface area contributed by atoms with Gasteiger partial charge in [-0.3, -0.25) is 9.69 Å². The zero-order valence-electron chi connectivity index (χ0n) is 11.3. The van der Waals surface area contributed by atoms with Gasteiger partial charge >= 0.3 is 5.97 Å². The van der Waals surface area contributed by atoms with Crippen LogP contribution in [0.4, 0.5) is 0 Å². The lowest BCUT2D eigenvalue weighted by molar-refractivity contribution is -0.139. The number of nitrogens with one attached hydrogen (secondary N) is 1. The first kappa shape index (κ1) is 14.5. The zero-order valence-corrected chi connectivity index (χ0v) is 11.3. The molecule has 1 rings (SSSR count). The van der Waals surface area contributed by atoms with Crippen molar-refractivity contribution in [1.29, 1.82) is 0 Å². The van der Waals surface area contributed by atoms with Crippen molar-refractivity contribution in [2.24, 2.45) is 0 Å². The number of hydrogen-bond acceptors (Lipinski definition) is 3. The van der Waals surface area contributed by atoms with Gasteiger partial charge in [-0.1, -0.05) is 6.92 Å². The average Bonchev–Trinajstić information content (AvgIpc) is 2.57. The molecule has 1 heterocycles. The minimum atomic E-state index is -0.726. The summed E-state index contributed by atoms with van der Waals surface area (Å²) in [4.78, 5) is 13.5. The lowest BCUT2D eigenvalue weighted by Crippen LogP contribution is -2.44. The summed E-state index contributed by atoms with van der Waals surface area (Å²) in [7, 11) is 0. The Labute approximate surface area is 104 Å². The highest BCUT2D eigenvalue weighted by atomic mass is 16.4. The summed E-state index contributed by atoms with van der Waals surface area (Å²) in [5.74, 6) is -0.726. The molecule has 1 unspecified atom stereocenters. The van der Waals surface area contributed by atoms with Crippen LogP contribution in [0.3, 0.4) is 0 Å². The van der Waals surface area contributed by atoms with E-state index in [-0.39, 0.29) is 5.54 Å². The fraction of sp³-hybridized carbons (Fsp3) is 0.923. The molecule has 2 N–H and O–H groups in total. The Balaban J connectivity index is 2.38. The minimum Gasteiger partial charge on any atom is -0.480 e. The summed E-state index contributed by atoms with van der Waals surface area (Å²) < 4.78 is 0. The second-order valence-electron chi connectivity index (χ2n) is 5.54. The van der Waals surface area contributed by atoms with Gasteiger partial charge in [-0.25, -0.2) is 0 Å². The Morgan fingerprint density at radius 1 is 1.53 bits per heavy atom. The zero-order chi connectivity index (χ0) is 12.9. The van der Waals surface area contributed by atoms with Crippen LogP contribution in [0.2, 0.25) is 0 Å². The maximum atomic E-state index is 11.1. The summed E-state index contributed by atoms with van der Waals surface area (Å²) in [6, 6.07) is -0.397. The molecule has 1 saturated heterocycles. The standard InChI is InChI=1S/C13H26N2O2/c1-4-8-14-11(12(16)17)6-10-15-9-5-7-13(15,2)3/h11,14H,4-10H2,1-3H3,(H,16,17). The van der Waals surface area contributed by atoms with Crippen molar-refractivity contribution in [2.45, 2.75) is 58.0 Å². The number of rotatable bonds is 7. The second kappa shape index (κ2) is 6.36. The van der Waals surface area contributed by atoms with E-state index in [1.165, 1.54) is 12.8 Å². The average molecular weight is 242 g/mol. The Hall–Kier alpha value is -0.610. The SMILES string of the molecule is CCCNC(CCN1CCCC1(C)C)C(=O)O. The Morgan fingerprint density at radius 3 is 2.71 bits per heavy atom. The van der Waals surface area contributed by atoms with Crippen LogP contribution in [0.25, 0.3) is 0 Å². The number of carbonyl (C=O) groups is 1. The topological polar surface area (TPSA) is 52.6 Å². The second-order valence-corrected chi connectivity index (χ2v) is 5.54. The van der Waals surface area contributed by atoms with Gasteiger partial charge in [-0.2, -0.15) is 0 Å². The summed E-state index contributed by atoms with van der Waals surface area (Å²) in [6.07, 6.45) is 4.11. The third kappa shape index (κ3) is 4.28. The van der Waals surface area contributed by atoms with Gasteiger partial charge in [0.25, 0.3) is 0 Å². The molecule has 0 aromatic rings. The summed E-state index contributed by atoms with van der Waals surface area (Å²) >= 11 is 0. The van der Waals surface area contributed by atoms with E-state index in [0.717, 1.165) is 26.1 Å². The molecule has 0 radical (unpaired) electrons. The quantitative estimate of drug-likeness (QED) is 0.713. The van der Waals surface area contributed by atoms with Crippen molar-refractivity contribution < 1.29 is 9.90 Å². The smallest absolute Gasteiger partial charge is 0.320 e. The molecule has 0 bridgehead atoms. The first-order chi connectivity index (χ1) is 7.97. The molecule has 4 heteroatoms. The van der Waals surface area contributed by atoms with Gasteiger partial charge in [0.15, 0.2) is 0 Å². The third-order valence-electron chi connectivity index (χ3n) is 3.70. The highest BCUT2D eigenvalue weighted by molar-refractivity contribution is 5.73. The van der Waals surface area contributed by atoms with E-state index < -0.39 is 12.0 Å². The van der Waals surface area contributed by atoms with Crippen molar-refractivity contribution in [3.8, 4) is 0 Å². The molecular formula is C13H26N2O2. The van der Waals surface area contributed by atoms with E-state index in [2.05, 4.69) is 31.0 Å². The lowest BCUT2D eigenvalue weighted by atomic mass is 10.0. The predicted octanol–water partition coefficient (Wildman–Crippen LogP) is 1.70. The molecule has 1 fully saturated rings. The van der Waals surface area contributed by atoms with Crippen LogP contribution in [-0.4, -0.2) is 47.2 Å². The molecule has 1 aliphatic heterocycles. The van der Waals surface area contributed by atoms with Gasteiger partial charge in [0, 0.05) is 12.1 Å². The highest BCUT2D eigenvalue weighted by Crippen LogP contribution is 2.28. The summed E-state index contributed by atoms with van der Waals surface area (Å²) in [6.45, 7) is 9.30. The maximum Gasteiger partial charge on any atom is 0.320 e. The monoisotopic (exact) mass is 242 g/mol. The maximum absolute atomic E-state index is 11.1. The van der Waals surface area contributed by atoms with Gasteiger partial charge in [-0.05, 0) is 52.6 Å². The van der Waals surface area contributed by atoms with E-state index in [9.17, 15) is 4.79 Å². The fourth-order valence-corrected chi connectivity index (χ4v) is 2.49. The van der Waals surface area contributed by atoms with Gasteiger partial charge in [0.1, 0.15) is 6.04 Å². The minimum absolute atomic E-state index is 0.244. The van der Waals surface area contributed by atoms with Crippen LogP contribution in [0.5, 0.6) is 0 Å². The van der Waals surface area contributed by atoms with Crippen molar-refractivity contribution in [3.05, 3.63) is 0 Å². The number of carboxylic acids is 1. The molecule has 0 spiro atoms. The van der Waals surface area contributed by atoms with Crippen molar-refractivity contribution >= 4 is 5.97 Å². The molecule has 1 atom stereocenters. The predicted molar refractivity (Wildman–Crippen MR) is 69.2 cm³/mol. The molecule has 1 aliphatic rings. The van der Waals surface area contributed by atoms with Gasteiger partial charge in [0.2, 0.25) is 0 Å². The Bertz CT molecular complexity index is 254. The highest BCUT2D eigenvalue weighted by Gasteiger charge is 2.32.